The first-order valence-electron chi connectivity index (χ1n) is 4.86. The van der Waals surface area contributed by atoms with Gasteiger partial charge in [-0.3, -0.25) is 0 Å². The van der Waals surface area contributed by atoms with E-state index in [0.717, 1.165) is 5.56 Å². The fraction of sp³-hybridized carbons (Fsp3) is 0.0909. The van der Waals surface area contributed by atoms with Gasteiger partial charge in [0.15, 0.2) is 4.77 Å². The molecule has 1 heterocycles. The first-order chi connectivity index (χ1) is 8.08. The molecule has 1 aromatic carbocycles. The fourth-order valence-electron chi connectivity index (χ4n) is 1.57. The molecule has 0 unspecified atom stereocenters. The lowest BCUT2D eigenvalue weighted by atomic mass is 10.1. The van der Waals surface area contributed by atoms with E-state index >= 15 is 0 Å². The second kappa shape index (κ2) is 4.73. The van der Waals surface area contributed by atoms with E-state index in [1.165, 1.54) is 0 Å². The second-order valence-corrected chi connectivity index (χ2v) is 4.32. The first kappa shape index (κ1) is 11.9. The molecule has 0 aliphatic rings. The number of nitrogens with one attached hydrogen (secondary N) is 2. The zero-order chi connectivity index (χ0) is 12.4. The van der Waals surface area contributed by atoms with E-state index in [1.807, 2.05) is 18.2 Å². The number of aromatic amines is 2. The molecule has 0 fully saturated rings. The van der Waals surface area contributed by atoms with E-state index in [1.54, 1.807) is 6.07 Å². The van der Waals surface area contributed by atoms with Gasteiger partial charge in [-0.05, 0) is 23.8 Å². The van der Waals surface area contributed by atoms with Crippen molar-refractivity contribution >= 4 is 29.8 Å². The van der Waals surface area contributed by atoms with Gasteiger partial charge in [0.1, 0.15) is 5.69 Å². The highest BCUT2D eigenvalue weighted by atomic mass is 35.5. The number of halogens is 1. The third kappa shape index (κ3) is 2.57. The highest BCUT2D eigenvalue weighted by molar-refractivity contribution is 7.71. The summed E-state index contributed by atoms with van der Waals surface area (Å²) >= 11 is 10.9. The number of aromatic nitrogens is 2. The molecule has 0 saturated carbocycles. The van der Waals surface area contributed by atoms with Crippen LogP contribution in [0.25, 0.3) is 0 Å². The molecule has 2 rings (SSSR count). The minimum atomic E-state index is -1.04. The third-order valence-electron chi connectivity index (χ3n) is 2.34. The highest BCUT2D eigenvalue weighted by Gasteiger charge is 2.14. The van der Waals surface area contributed by atoms with Crippen LogP contribution in [0.15, 0.2) is 24.3 Å². The normalized spacial score (nSPS) is 10.4. The van der Waals surface area contributed by atoms with Crippen LogP contribution in [0.3, 0.4) is 0 Å². The van der Waals surface area contributed by atoms with Gasteiger partial charge in [-0.25, -0.2) is 4.79 Å². The van der Waals surface area contributed by atoms with Gasteiger partial charge in [0.05, 0.1) is 5.69 Å². The first-order valence-corrected chi connectivity index (χ1v) is 5.64. The van der Waals surface area contributed by atoms with Crippen LogP contribution >= 0.6 is 23.8 Å². The predicted octanol–water partition coefficient (Wildman–Crippen LogP) is 3.01. The van der Waals surface area contributed by atoms with E-state index < -0.39 is 5.97 Å². The van der Waals surface area contributed by atoms with Gasteiger partial charge < -0.3 is 15.1 Å². The topological polar surface area (TPSA) is 68.9 Å². The Morgan fingerprint density at radius 2 is 2.06 bits per heavy atom. The average Bonchev–Trinajstić information content (AvgIpc) is 2.63. The van der Waals surface area contributed by atoms with Crippen molar-refractivity contribution in [3.05, 3.63) is 51.0 Å². The molecule has 0 saturated heterocycles. The SMILES string of the molecule is O=C(O)c1[nH]c(=S)[nH]c1Cc1ccccc1Cl. The lowest BCUT2D eigenvalue weighted by Gasteiger charge is -2.02. The van der Waals surface area contributed by atoms with E-state index in [2.05, 4.69) is 9.97 Å². The maximum Gasteiger partial charge on any atom is 0.354 e. The Labute approximate surface area is 107 Å². The molecule has 4 nitrogen and oxygen atoms in total. The van der Waals surface area contributed by atoms with Crippen LogP contribution in [0.5, 0.6) is 0 Å². The Bertz CT molecular complexity index is 618. The number of imidazole rings is 1. The largest absolute Gasteiger partial charge is 0.477 e. The fourth-order valence-corrected chi connectivity index (χ4v) is 1.99. The monoisotopic (exact) mass is 268 g/mol. The Balaban J connectivity index is 2.40. The van der Waals surface area contributed by atoms with Gasteiger partial charge in [0.2, 0.25) is 0 Å². The second-order valence-electron chi connectivity index (χ2n) is 3.51. The average molecular weight is 269 g/mol. The number of carboxylic acids is 1. The minimum Gasteiger partial charge on any atom is -0.477 e. The Hall–Kier alpha value is -1.59. The van der Waals surface area contributed by atoms with Crippen LogP contribution in [0.2, 0.25) is 5.02 Å². The number of carbonyl (C=O) groups is 1. The van der Waals surface area contributed by atoms with Gasteiger partial charge in [0, 0.05) is 11.4 Å². The van der Waals surface area contributed by atoms with Crippen molar-refractivity contribution in [2.45, 2.75) is 6.42 Å². The molecule has 0 bridgehead atoms. The van der Waals surface area contributed by atoms with E-state index in [9.17, 15) is 4.79 Å². The molecular weight excluding hydrogens is 260 g/mol. The maximum atomic E-state index is 11.0. The number of hydrogen-bond acceptors (Lipinski definition) is 2. The van der Waals surface area contributed by atoms with Crippen LogP contribution in [0.4, 0.5) is 0 Å². The van der Waals surface area contributed by atoms with Crippen molar-refractivity contribution in [1.29, 1.82) is 0 Å². The molecule has 2 aromatic rings. The Morgan fingerprint density at radius 3 is 2.71 bits per heavy atom. The summed E-state index contributed by atoms with van der Waals surface area (Å²) in [6.45, 7) is 0. The Kier molecular flexibility index (Phi) is 3.31. The predicted molar refractivity (Wildman–Crippen MR) is 67.2 cm³/mol. The van der Waals surface area contributed by atoms with E-state index in [0.29, 0.717) is 21.9 Å². The molecular formula is C11H9ClN2O2S. The number of aromatic carboxylic acids is 1. The van der Waals surface area contributed by atoms with Crippen molar-refractivity contribution in [2.24, 2.45) is 0 Å². The van der Waals surface area contributed by atoms with Gasteiger partial charge in [0.25, 0.3) is 0 Å². The molecule has 3 N–H and O–H groups in total. The summed E-state index contributed by atoms with van der Waals surface area (Å²) in [4.78, 5) is 16.4. The molecule has 0 spiro atoms. The lowest BCUT2D eigenvalue weighted by Crippen LogP contribution is -2.02. The van der Waals surface area contributed by atoms with Gasteiger partial charge >= 0.3 is 5.97 Å². The molecule has 0 atom stereocenters. The van der Waals surface area contributed by atoms with Crippen LogP contribution in [0.1, 0.15) is 21.7 Å². The molecule has 0 aliphatic carbocycles. The number of benzene rings is 1. The molecule has 0 amide bonds. The zero-order valence-corrected chi connectivity index (χ0v) is 10.2. The van der Waals surface area contributed by atoms with Crippen LogP contribution in [-0.4, -0.2) is 21.0 Å². The summed E-state index contributed by atoms with van der Waals surface area (Å²) < 4.78 is 0.296. The number of carboxylic acid groups (broad SMARTS) is 1. The van der Waals surface area contributed by atoms with E-state index in [4.69, 9.17) is 28.9 Å². The highest BCUT2D eigenvalue weighted by Crippen LogP contribution is 2.19. The third-order valence-corrected chi connectivity index (χ3v) is 2.92. The van der Waals surface area contributed by atoms with Crippen LogP contribution in [0, 0.1) is 4.77 Å². The zero-order valence-electron chi connectivity index (χ0n) is 8.66. The lowest BCUT2D eigenvalue weighted by molar-refractivity contribution is 0.0690. The quantitative estimate of drug-likeness (QED) is 0.750. The molecule has 6 heteroatoms. The van der Waals surface area contributed by atoms with Crippen LogP contribution in [-0.2, 0) is 6.42 Å². The molecule has 88 valence electrons. The van der Waals surface area contributed by atoms with Gasteiger partial charge in [-0.15, -0.1) is 0 Å². The summed E-state index contributed by atoms with van der Waals surface area (Å²) in [7, 11) is 0. The summed E-state index contributed by atoms with van der Waals surface area (Å²) in [5.41, 5.74) is 1.45. The number of H-pyrrole nitrogens is 2. The molecule has 17 heavy (non-hydrogen) atoms. The van der Waals surface area contributed by atoms with Crippen molar-refractivity contribution in [3.8, 4) is 0 Å². The van der Waals surface area contributed by atoms with E-state index in [-0.39, 0.29) is 5.69 Å². The van der Waals surface area contributed by atoms with Crippen molar-refractivity contribution in [1.82, 2.24) is 9.97 Å². The standard InChI is InChI=1S/C11H9ClN2O2S/c12-7-4-2-1-3-6(7)5-8-9(10(15)16)14-11(17)13-8/h1-4H,5H2,(H,15,16)(H2,13,14,17). The Morgan fingerprint density at radius 1 is 1.35 bits per heavy atom. The molecule has 0 aliphatic heterocycles. The van der Waals surface area contributed by atoms with Gasteiger partial charge in [-0.2, -0.15) is 0 Å². The summed E-state index contributed by atoms with van der Waals surface area (Å²) in [5, 5.41) is 9.60. The molecule has 1 aromatic heterocycles. The summed E-state index contributed by atoms with van der Waals surface area (Å²) in [6.07, 6.45) is 0.397. The van der Waals surface area contributed by atoms with Crippen molar-refractivity contribution < 1.29 is 9.90 Å². The summed E-state index contributed by atoms with van der Waals surface area (Å²) in [6, 6.07) is 7.28. The number of rotatable bonds is 3. The minimum absolute atomic E-state index is 0.0786. The van der Waals surface area contributed by atoms with Crippen molar-refractivity contribution in [3.63, 3.8) is 0 Å². The molecule has 0 radical (unpaired) electrons. The number of hydrogen-bond donors (Lipinski definition) is 3. The maximum absolute atomic E-state index is 11.0. The summed E-state index contributed by atoms with van der Waals surface area (Å²) in [5.74, 6) is -1.04. The van der Waals surface area contributed by atoms with Gasteiger partial charge in [-0.1, -0.05) is 29.8 Å². The van der Waals surface area contributed by atoms with Crippen molar-refractivity contribution in [2.75, 3.05) is 0 Å². The van der Waals surface area contributed by atoms with Crippen LogP contribution < -0.4 is 0 Å². The smallest absolute Gasteiger partial charge is 0.354 e.